The molecule has 0 nitrogen and oxygen atoms in total. The van der Waals surface area contributed by atoms with E-state index < -0.39 is 0 Å². The summed E-state index contributed by atoms with van der Waals surface area (Å²) in [6.07, 6.45) is 0. The van der Waals surface area contributed by atoms with Gasteiger partial charge < -0.3 is 0 Å². The molecule has 0 bridgehead atoms. The molecule has 0 heteroatoms. The predicted molar refractivity (Wildman–Crippen MR) is 413 cm³/mol. The van der Waals surface area contributed by atoms with Crippen LogP contribution in [0.5, 0.6) is 0 Å². The lowest BCUT2D eigenvalue weighted by atomic mass is 10.1. The number of hydrogen-bond donors (Lipinski definition) is 0. The van der Waals surface area contributed by atoms with Gasteiger partial charge in [0.15, 0.2) is 0 Å². The molecule has 0 aliphatic carbocycles. The molecule has 0 saturated heterocycles. The largest absolute Gasteiger partial charge is 0.0623 e. The molecule has 0 aliphatic heterocycles. The summed E-state index contributed by atoms with van der Waals surface area (Å²) >= 11 is 0. The van der Waals surface area contributed by atoms with E-state index in [9.17, 15) is 0 Å². The summed E-state index contributed by atoms with van der Waals surface area (Å²) in [6, 6.07) is 165. The second-order valence-corrected chi connectivity index (χ2v) is 21.0. The minimum atomic E-state index is 1.31. The van der Waals surface area contributed by atoms with Crippen LogP contribution < -0.4 is 0 Å². The van der Waals surface area contributed by atoms with Gasteiger partial charge in [-0.05, 0) is 75.4 Å². The Morgan fingerprint density at radius 1 is 0.0532 bits per heavy atom. The van der Waals surface area contributed by atoms with Crippen LogP contribution in [0.15, 0.2) is 485 Å². The first-order valence-corrected chi connectivity index (χ1v) is 31.8. The van der Waals surface area contributed by atoms with Crippen molar-refractivity contribution < 1.29 is 0 Å². The van der Waals surface area contributed by atoms with Gasteiger partial charge in [-0.1, -0.05) is 485 Å². The summed E-state index contributed by atoms with van der Waals surface area (Å²) < 4.78 is 0. The minimum Gasteiger partial charge on any atom is -0.0623 e. The molecule has 0 unspecified atom stereocenters. The fourth-order valence-corrected chi connectivity index (χ4v) is 9.47. The molecular formula is C94H80. The van der Waals surface area contributed by atoms with E-state index in [1.807, 2.05) is 146 Å². The van der Waals surface area contributed by atoms with Gasteiger partial charge in [-0.25, -0.2) is 0 Å². The standard InChI is InChI=1S/7C10H8.4C6H6/c7*1-2-6-10-8-4-3-7-9(10)5-1;4*1-2-4-6-5-3-1/h7*1-8H;4*1-6H. The van der Waals surface area contributed by atoms with Crippen LogP contribution in [-0.2, 0) is 0 Å². The van der Waals surface area contributed by atoms with Crippen LogP contribution in [-0.4, -0.2) is 0 Å². The molecule has 0 aromatic heterocycles. The Labute approximate surface area is 557 Å². The van der Waals surface area contributed by atoms with E-state index >= 15 is 0 Å². The topological polar surface area (TPSA) is 0 Å². The van der Waals surface area contributed by atoms with E-state index in [2.05, 4.69) is 340 Å². The summed E-state index contributed by atoms with van der Waals surface area (Å²) in [5, 5.41) is 18.3. The lowest BCUT2D eigenvalue weighted by Crippen LogP contribution is -1.67. The van der Waals surface area contributed by atoms with Gasteiger partial charge in [0.05, 0.1) is 0 Å². The van der Waals surface area contributed by atoms with Crippen molar-refractivity contribution in [3.63, 3.8) is 0 Å². The summed E-state index contributed by atoms with van der Waals surface area (Å²) in [5.41, 5.74) is 0. The van der Waals surface area contributed by atoms with Crippen LogP contribution in [0.2, 0.25) is 0 Å². The number of benzene rings is 18. The van der Waals surface area contributed by atoms with Crippen molar-refractivity contribution in [1.82, 2.24) is 0 Å². The highest BCUT2D eigenvalue weighted by atomic mass is 14.0. The molecule has 0 fully saturated rings. The van der Waals surface area contributed by atoms with Crippen molar-refractivity contribution in [2.75, 3.05) is 0 Å². The third-order valence-electron chi connectivity index (χ3n) is 14.3. The van der Waals surface area contributed by atoms with Crippen molar-refractivity contribution in [1.29, 1.82) is 0 Å². The monoisotopic (exact) mass is 1210 g/mol. The van der Waals surface area contributed by atoms with Crippen LogP contribution in [0.3, 0.4) is 0 Å². The predicted octanol–water partition coefficient (Wildman–Crippen LogP) is 26.6. The summed E-state index contributed by atoms with van der Waals surface area (Å²) in [4.78, 5) is 0. The zero-order valence-corrected chi connectivity index (χ0v) is 53.2. The average molecular weight is 1210 g/mol. The van der Waals surface area contributed by atoms with Gasteiger partial charge in [-0.15, -0.1) is 0 Å². The summed E-state index contributed by atoms with van der Waals surface area (Å²) in [6.45, 7) is 0. The molecular weight excluding hydrogens is 1130 g/mol. The molecule has 0 radical (unpaired) electrons. The second kappa shape index (κ2) is 42.7. The Hall–Kier alpha value is -12.2. The van der Waals surface area contributed by atoms with Crippen molar-refractivity contribution in [3.05, 3.63) is 485 Å². The Morgan fingerprint density at radius 3 is 0.138 bits per heavy atom. The third-order valence-corrected chi connectivity index (χ3v) is 14.3. The van der Waals surface area contributed by atoms with Gasteiger partial charge >= 0.3 is 0 Å². The average Bonchev–Trinajstić information content (AvgIpc) is 3.82. The van der Waals surface area contributed by atoms with Crippen LogP contribution in [0.4, 0.5) is 0 Å². The fraction of sp³-hybridized carbons (Fsp3) is 0. The van der Waals surface area contributed by atoms with Crippen molar-refractivity contribution in [2.24, 2.45) is 0 Å². The highest BCUT2D eigenvalue weighted by molar-refractivity contribution is 5.86. The molecule has 18 rings (SSSR count). The van der Waals surface area contributed by atoms with Crippen LogP contribution in [0, 0.1) is 0 Å². The lowest BCUT2D eigenvalue weighted by molar-refractivity contribution is 1.72. The Morgan fingerprint density at radius 2 is 0.0957 bits per heavy atom. The van der Waals surface area contributed by atoms with Gasteiger partial charge in [-0.2, -0.15) is 0 Å². The molecule has 18 aromatic carbocycles. The molecule has 456 valence electrons. The van der Waals surface area contributed by atoms with Gasteiger partial charge in [0.2, 0.25) is 0 Å². The van der Waals surface area contributed by atoms with Crippen LogP contribution in [0.25, 0.3) is 75.4 Å². The molecule has 0 saturated carbocycles. The first-order valence-electron chi connectivity index (χ1n) is 31.8. The van der Waals surface area contributed by atoms with Gasteiger partial charge in [0.1, 0.15) is 0 Å². The Bertz CT molecular complexity index is 3460. The van der Waals surface area contributed by atoms with Crippen molar-refractivity contribution >= 4 is 75.4 Å². The first-order chi connectivity index (χ1) is 46.8. The van der Waals surface area contributed by atoms with Crippen LogP contribution >= 0.6 is 0 Å². The molecule has 0 heterocycles. The zero-order valence-electron chi connectivity index (χ0n) is 53.2. The van der Waals surface area contributed by atoms with Gasteiger partial charge in [-0.3, -0.25) is 0 Å². The highest BCUT2D eigenvalue weighted by Gasteiger charge is 1.91. The number of rotatable bonds is 0. The molecule has 0 spiro atoms. The SMILES string of the molecule is c1ccc2ccccc2c1.c1ccc2ccccc2c1.c1ccc2ccccc2c1.c1ccc2ccccc2c1.c1ccc2ccccc2c1.c1ccc2ccccc2c1.c1ccc2ccccc2c1.c1ccccc1.c1ccccc1.c1ccccc1.c1ccccc1. The van der Waals surface area contributed by atoms with Gasteiger partial charge in [0.25, 0.3) is 0 Å². The van der Waals surface area contributed by atoms with E-state index in [4.69, 9.17) is 0 Å². The Balaban J connectivity index is 0.000000133. The Kier molecular flexibility index (Phi) is 30.7. The second-order valence-electron chi connectivity index (χ2n) is 21.0. The molecule has 0 aliphatic rings. The molecule has 94 heavy (non-hydrogen) atoms. The molecule has 0 atom stereocenters. The summed E-state index contributed by atoms with van der Waals surface area (Å²) in [5.74, 6) is 0. The normalized spacial score (nSPS) is 9.49. The summed E-state index contributed by atoms with van der Waals surface area (Å²) in [7, 11) is 0. The zero-order chi connectivity index (χ0) is 64.7. The smallest absolute Gasteiger partial charge is 0.0184 e. The number of hydrogen-bond acceptors (Lipinski definition) is 0. The minimum absolute atomic E-state index is 1.31. The van der Waals surface area contributed by atoms with Crippen molar-refractivity contribution in [3.8, 4) is 0 Å². The molecule has 18 aromatic rings. The third kappa shape index (κ3) is 26.1. The maximum atomic E-state index is 2.12. The fourth-order valence-electron chi connectivity index (χ4n) is 9.47. The highest BCUT2D eigenvalue weighted by Crippen LogP contribution is 2.16. The number of fused-ring (bicyclic) bond motifs is 7. The van der Waals surface area contributed by atoms with E-state index in [0.29, 0.717) is 0 Å². The van der Waals surface area contributed by atoms with E-state index in [-0.39, 0.29) is 0 Å². The van der Waals surface area contributed by atoms with E-state index in [1.165, 1.54) is 75.4 Å². The first kappa shape index (κ1) is 67.7. The quantitative estimate of drug-likeness (QED) is 0.142. The lowest BCUT2D eigenvalue weighted by Gasteiger charge is -1.92. The van der Waals surface area contributed by atoms with E-state index in [1.54, 1.807) is 0 Å². The molecule has 0 amide bonds. The molecule has 0 N–H and O–H groups in total. The van der Waals surface area contributed by atoms with E-state index in [0.717, 1.165) is 0 Å². The van der Waals surface area contributed by atoms with Crippen molar-refractivity contribution in [2.45, 2.75) is 0 Å². The maximum absolute atomic E-state index is 2.12. The maximum Gasteiger partial charge on any atom is -0.0184 e. The van der Waals surface area contributed by atoms with Gasteiger partial charge in [0, 0.05) is 0 Å². The van der Waals surface area contributed by atoms with Crippen LogP contribution in [0.1, 0.15) is 0 Å².